The summed E-state index contributed by atoms with van der Waals surface area (Å²) in [6.45, 7) is 21.4. The quantitative estimate of drug-likeness (QED) is 0.530. The van der Waals surface area contributed by atoms with Crippen LogP contribution in [0, 0.1) is 22.2 Å². The van der Waals surface area contributed by atoms with Gasteiger partial charge in [-0.25, -0.2) is 0 Å². The van der Waals surface area contributed by atoms with E-state index in [1.807, 2.05) is 0 Å². The summed E-state index contributed by atoms with van der Waals surface area (Å²) in [6, 6.07) is 0. The molecule has 0 aliphatic rings. The minimum atomic E-state index is 0.346. The Kier molecular flexibility index (Phi) is 5.10. The van der Waals surface area contributed by atoms with Gasteiger partial charge in [0.25, 0.3) is 0 Å². The molecule has 1 radical (unpaired) electrons. The van der Waals surface area contributed by atoms with Crippen LogP contribution in [0.2, 0.25) is 0 Å². The van der Waals surface area contributed by atoms with Crippen molar-refractivity contribution in [1.29, 1.82) is 0 Å². The highest BCUT2D eigenvalue weighted by molar-refractivity contribution is 5.18. The third-order valence-corrected chi connectivity index (χ3v) is 4.68. The van der Waals surface area contributed by atoms with Gasteiger partial charge in [0.15, 0.2) is 0 Å². The van der Waals surface area contributed by atoms with E-state index in [4.69, 9.17) is 0 Å². The lowest BCUT2D eigenvalue weighted by Gasteiger charge is -2.52. The third-order valence-electron chi connectivity index (χ3n) is 4.68. The lowest BCUT2D eigenvalue weighted by Crippen LogP contribution is -2.43. The van der Waals surface area contributed by atoms with Crippen molar-refractivity contribution >= 4 is 0 Å². The van der Waals surface area contributed by atoms with Crippen molar-refractivity contribution < 1.29 is 0 Å². The number of hydrogen-bond acceptors (Lipinski definition) is 0. The largest absolute Gasteiger partial charge is 0.0649 e. The second-order valence-electron chi connectivity index (χ2n) is 7.09. The van der Waals surface area contributed by atoms with Crippen LogP contribution in [0.5, 0.6) is 0 Å². The van der Waals surface area contributed by atoms with E-state index in [2.05, 4.69) is 62.3 Å². The zero-order chi connectivity index (χ0) is 13.2. The second kappa shape index (κ2) is 5.10. The van der Waals surface area contributed by atoms with E-state index in [0.29, 0.717) is 16.2 Å². The van der Waals surface area contributed by atoms with Gasteiger partial charge in [-0.3, -0.25) is 0 Å². The Labute approximate surface area is 104 Å². The zero-order valence-corrected chi connectivity index (χ0v) is 13.1. The molecule has 0 bridgehead atoms. The minimum absolute atomic E-state index is 0.346. The molecule has 0 fully saturated rings. The molecule has 0 rings (SSSR count). The van der Waals surface area contributed by atoms with E-state index in [1.54, 1.807) is 5.92 Å². The van der Waals surface area contributed by atoms with Gasteiger partial charge >= 0.3 is 0 Å². The molecule has 0 nitrogen and oxygen atoms in total. The van der Waals surface area contributed by atoms with Gasteiger partial charge in [-0.1, -0.05) is 81.6 Å². The summed E-state index contributed by atoms with van der Waals surface area (Å²) in [5, 5.41) is 0. The molecule has 0 aromatic rings. The van der Waals surface area contributed by atoms with E-state index in [-0.39, 0.29) is 0 Å². The topological polar surface area (TPSA) is 0 Å². The summed E-state index contributed by atoms with van der Waals surface area (Å²) in [6.07, 6.45) is 3.69. The molecular weight excluding hydrogens is 192 g/mol. The van der Waals surface area contributed by atoms with Gasteiger partial charge in [0, 0.05) is 0 Å². The maximum absolute atomic E-state index is 2.41. The molecule has 0 spiro atoms. The minimum Gasteiger partial charge on any atom is -0.0649 e. The Morgan fingerprint density at radius 3 is 0.875 bits per heavy atom. The van der Waals surface area contributed by atoms with Crippen LogP contribution in [0.25, 0.3) is 0 Å². The van der Waals surface area contributed by atoms with Crippen LogP contribution in [0.1, 0.15) is 81.6 Å². The summed E-state index contributed by atoms with van der Waals surface area (Å²) >= 11 is 0. The van der Waals surface area contributed by atoms with Gasteiger partial charge in [0.1, 0.15) is 0 Å². The van der Waals surface area contributed by atoms with Crippen LogP contribution in [-0.4, -0.2) is 0 Å². The normalized spacial score (nSPS) is 14.6. The van der Waals surface area contributed by atoms with Crippen LogP contribution >= 0.6 is 0 Å². The first-order chi connectivity index (χ1) is 7.05. The molecule has 0 aliphatic heterocycles. The molecule has 0 unspecified atom stereocenters. The predicted molar refractivity (Wildman–Crippen MR) is 75.5 cm³/mol. The highest BCUT2D eigenvalue weighted by Crippen LogP contribution is 2.56. The van der Waals surface area contributed by atoms with Crippen LogP contribution in [-0.2, 0) is 0 Å². The molecular formula is C16H33. The van der Waals surface area contributed by atoms with E-state index >= 15 is 0 Å². The highest BCUT2D eigenvalue weighted by atomic mass is 14.5. The Hall–Kier alpha value is 0. The summed E-state index contributed by atoms with van der Waals surface area (Å²) in [5.41, 5.74) is 1.04. The highest BCUT2D eigenvalue weighted by Gasteiger charge is 2.47. The van der Waals surface area contributed by atoms with Gasteiger partial charge in [0.05, 0.1) is 0 Å². The first kappa shape index (κ1) is 16.0. The smallest absolute Gasteiger partial charge is 0.00724 e. The van der Waals surface area contributed by atoms with E-state index in [1.165, 1.54) is 19.3 Å². The summed E-state index contributed by atoms with van der Waals surface area (Å²) in [5.74, 6) is 1.75. The van der Waals surface area contributed by atoms with E-state index in [0.717, 1.165) is 0 Å². The average molecular weight is 225 g/mol. The Morgan fingerprint density at radius 1 is 0.562 bits per heavy atom. The van der Waals surface area contributed by atoms with Gasteiger partial charge in [0.2, 0.25) is 0 Å². The zero-order valence-electron chi connectivity index (χ0n) is 13.1. The van der Waals surface area contributed by atoms with Gasteiger partial charge in [-0.05, 0) is 22.2 Å². The predicted octanol–water partition coefficient (Wildman–Crippen LogP) is 5.87. The van der Waals surface area contributed by atoms with Gasteiger partial charge in [-0.15, -0.1) is 0 Å². The fraction of sp³-hybridized carbons (Fsp3) is 0.938. The van der Waals surface area contributed by atoms with Crippen molar-refractivity contribution in [1.82, 2.24) is 0 Å². The monoisotopic (exact) mass is 225 g/mol. The maximum atomic E-state index is 2.41. The molecule has 0 heteroatoms. The lowest BCUT2D eigenvalue weighted by atomic mass is 9.52. The Morgan fingerprint density at radius 2 is 0.750 bits per heavy atom. The molecule has 0 heterocycles. The fourth-order valence-electron chi connectivity index (χ4n) is 3.28. The fourth-order valence-corrected chi connectivity index (χ4v) is 3.28. The first-order valence-electron chi connectivity index (χ1n) is 6.93. The number of rotatable bonds is 6. The molecule has 0 atom stereocenters. The standard InChI is InChI=1S/C16H33/c1-10-14(4,5)13(15(6,7)11-2)16(8,9)12-3/h10-12H2,1-9H3. The SMILES string of the molecule is CCC(C)(C)[C](C(C)(C)CC)C(C)(C)CC. The molecule has 0 saturated carbocycles. The van der Waals surface area contributed by atoms with Gasteiger partial charge in [-0.2, -0.15) is 0 Å². The van der Waals surface area contributed by atoms with Crippen molar-refractivity contribution in [2.24, 2.45) is 16.2 Å². The van der Waals surface area contributed by atoms with E-state index < -0.39 is 0 Å². The van der Waals surface area contributed by atoms with Crippen molar-refractivity contribution in [3.63, 3.8) is 0 Å². The molecule has 97 valence electrons. The van der Waals surface area contributed by atoms with Crippen LogP contribution in [0.15, 0.2) is 0 Å². The molecule has 0 N–H and O–H groups in total. The maximum Gasteiger partial charge on any atom is -0.00724 e. The average Bonchev–Trinajstić information content (AvgIpc) is 2.16. The van der Waals surface area contributed by atoms with E-state index in [9.17, 15) is 0 Å². The van der Waals surface area contributed by atoms with Gasteiger partial charge < -0.3 is 0 Å². The first-order valence-corrected chi connectivity index (χ1v) is 6.93. The summed E-state index contributed by atoms with van der Waals surface area (Å²) in [4.78, 5) is 0. The Balaban J connectivity index is 5.40. The van der Waals surface area contributed by atoms with Crippen LogP contribution < -0.4 is 0 Å². The Bertz CT molecular complexity index is 170. The molecule has 0 aromatic carbocycles. The number of hydrogen-bond donors (Lipinski definition) is 0. The van der Waals surface area contributed by atoms with Crippen molar-refractivity contribution in [3.05, 3.63) is 5.92 Å². The molecule has 0 aliphatic carbocycles. The second-order valence-corrected chi connectivity index (χ2v) is 7.09. The summed E-state index contributed by atoms with van der Waals surface area (Å²) in [7, 11) is 0. The van der Waals surface area contributed by atoms with Crippen LogP contribution in [0.4, 0.5) is 0 Å². The van der Waals surface area contributed by atoms with Crippen molar-refractivity contribution in [2.75, 3.05) is 0 Å². The molecule has 0 aromatic heterocycles. The van der Waals surface area contributed by atoms with Crippen molar-refractivity contribution in [2.45, 2.75) is 81.6 Å². The molecule has 0 amide bonds. The van der Waals surface area contributed by atoms with Crippen molar-refractivity contribution in [3.8, 4) is 0 Å². The molecule has 0 saturated heterocycles. The summed E-state index contributed by atoms with van der Waals surface area (Å²) < 4.78 is 0. The third kappa shape index (κ3) is 3.25. The lowest BCUT2D eigenvalue weighted by molar-refractivity contribution is 0.124. The van der Waals surface area contributed by atoms with Crippen LogP contribution in [0.3, 0.4) is 0 Å². The molecule has 16 heavy (non-hydrogen) atoms.